The zero-order chi connectivity index (χ0) is 11.4. The van der Waals surface area contributed by atoms with E-state index in [-0.39, 0.29) is 11.1 Å². The second-order valence-corrected chi connectivity index (χ2v) is 3.41. The number of benzene rings is 1. The van der Waals surface area contributed by atoms with Crippen LogP contribution in [0.4, 0.5) is 0 Å². The van der Waals surface area contributed by atoms with Gasteiger partial charge in [-0.15, -0.1) is 0 Å². The minimum Gasteiger partial charge on any atom is -0.290 e. The van der Waals surface area contributed by atoms with Gasteiger partial charge >= 0.3 is 0 Å². The number of carbonyl (C=O) groups excluding carboxylic acids is 2. The van der Waals surface area contributed by atoms with Crippen LogP contribution >= 0.6 is 15.9 Å². The van der Waals surface area contributed by atoms with Gasteiger partial charge in [0.05, 0.1) is 11.1 Å². The fraction of sp³-hybridized carbons (Fsp3) is 0. The van der Waals surface area contributed by atoms with Gasteiger partial charge in [0.15, 0.2) is 0 Å². The molecule has 0 heterocycles. The number of halogens is 1. The molecule has 0 saturated carbocycles. The largest absolute Gasteiger partial charge is 0.290 e. The Bertz CT molecular complexity index is 373. The van der Waals surface area contributed by atoms with Gasteiger partial charge < -0.3 is 0 Å². The quantitative estimate of drug-likeness (QED) is 0.335. The third-order valence-electron chi connectivity index (χ3n) is 1.75. The second kappa shape index (κ2) is 4.87. The molecule has 0 saturated heterocycles. The summed E-state index contributed by atoms with van der Waals surface area (Å²) < 4.78 is 0.343. The van der Waals surface area contributed by atoms with E-state index < -0.39 is 11.8 Å². The van der Waals surface area contributed by atoms with Crippen LogP contribution in [0.1, 0.15) is 20.7 Å². The fourth-order valence-corrected chi connectivity index (χ4v) is 1.66. The van der Waals surface area contributed by atoms with E-state index in [0.717, 1.165) is 0 Å². The summed E-state index contributed by atoms with van der Waals surface area (Å²) in [5.41, 5.74) is 4.47. The third-order valence-corrected chi connectivity index (χ3v) is 2.60. The molecule has 0 unspecified atom stereocenters. The first kappa shape index (κ1) is 11.6. The average Bonchev–Trinajstić information content (AvgIpc) is 2.27. The number of nitrogens with two attached hydrogens (primary N) is 2. The first-order chi connectivity index (χ1) is 7.11. The van der Waals surface area contributed by atoms with Crippen molar-refractivity contribution in [2.24, 2.45) is 11.7 Å². The molecule has 0 bridgehead atoms. The molecule has 0 fully saturated rings. The molecule has 1 aromatic rings. The lowest BCUT2D eigenvalue weighted by Crippen LogP contribution is -2.32. The number of amides is 2. The summed E-state index contributed by atoms with van der Waals surface area (Å²) in [6, 6.07) is 4.61. The highest BCUT2D eigenvalue weighted by Gasteiger charge is 2.15. The summed E-state index contributed by atoms with van der Waals surface area (Å²) in [5, 5.41) is 0. The lowest BCUT2D eigenvalue weighted by Gasteiger charge is -2.07. The SMILES string of the molecule is NNC(=O)c1cccc(C(=O)NN)c1Br. The number of hydrazine groups is 2. The smallest absolute Gasteiger partial charge is 0.266 e. The van der Waals surface area contributed by atoms with Gasteiger partial charge in [-0.25, -0.2) is 11.7 Å². The van der Waals surface area contributed by atoms with Crippen molar-refractivity contribution in [3.63, 3.8) is 0 Å². The highest BCUT2D eigenvalue weighted by Crippen LogP contribution is 2.21. The van der Waals surface area contributed by atoms with Crippen molar-refractivity contribution < 1.29 is 9.59 Å². The molecule has 0 aliphatic heterocycles. The molecule has 2 amide bonds. The zero-order valence-corrected chi connectivity index (χ0v) is 9.17. The van der Waals surface area contributed by atoms with Crippen LogP contribution < -0.4 is 22.5 Å². The van der Waals surface area contributed by atoms with E-state index in [1.807, 2.05) is 10.9 Å². The molecular formula is C8H9BrN4O2. The molecule has 6 nitrogen and oxygen atoms in total. The number of hydrogen-bond donors (Lipinski definition) is 4. The van der Waals surface area contributed by atoms with Gasteiger partial charge in [0.2, 0.25) is 0 Å². The molecule has 0 aliphatic carbocycles. The van der Waals surface area contributed by atoms with Crippen LogP contribution in [0.15, 0.2) is 22.7 Å². The van der Waals surface area contributed by atoms with Crippen LogP contribution in [-0.2, 0) is 0 Å². The molecule has 1 aromatic carbocycles. The van der Waals surface area contributed by atoms with Gasteiger partial charge in [0, 0.05) is 4.47 Å². The Balaban J connectivity index is 3.23. The Morgan fingerprint density at radius 2 is 1.47 bits per heavy atom. The maximum absolute atomic E-state index is 11.3. The normalized spacial score (nSPS) is 9.53. The number of nitrogen functional groups attached to an aromatic ring is 2. The van der Waals surface area contributed by atoms with Crippen molar-refractivity contribution in [1.82, 2.24) is 10.9 Å². The van der Waals surface area contributed by atoms with Gasteiger partial charge in [0.1, 0.15) is 0 Å². The maximum atomic E-state index is 11.3. The van der Waals surface area contributed by atoms with E-state index >= 15 is 0 Å². The Hall–Kier alpha value is -1.44. The lowest BCUT2D eigenvalue weighted by molar-refractivity contribution is 0.0952. The van der Waals surface area contributed by atoms with E-state index in [1.54, 1.807) is 6.07 Å². The standard InChI is InChI=1S/C8H9BrN4O2/c9-6-4(7(14)12-10)2-1-3-5(6)8(15)13-11/h1-3H,10-11H2,(H,12,14)(H,13,15). The molecule has 7 heteroatoms. The molecule has 80 valence electrons. The van der Waals surface area contributed by atoms with Crippen molar-refractivity contribution in [3.05, 3.63) is 33.8 Å². The third kappa shape index (κ3) is 2.32. The molecule has 1 rings (SSSR count). The van der Waals surface area contributed by atoms with Crippen molar-refractivity contribution >= 4 is 27.7 Å². The van der Waals surface area contributed by atoms with Crippen LogP contribution in [0.25, 0.3) is 0 Å². The Kier molecular flexibility index (Phi) is 3.78. The van der Waals surface area contributed by atoms with Crippen LogP contribution in [-0.4, -0.2) is 11.8 Å². The number of rotatable bonds is 2. The summed E-state index contributed by atoms with van der Waals surface area (Å²) in [6.07, 6.45) is 0. The molecular weight excluding hydrogens is 264 g/mol. The highest BCUT2D eigenvalue weighted by atomic mass is 79.9. The van der Waals surface area contributed by atoms with Crippen molar-refractivity contribution in [2.45, 2.75) is 0 Å². The van der Waals surface area contributed by atoms with Crippen LogP contribution in [0.5, 0.6) is 0 Å². The van der Waals surface area contributed by atoms with Gasteiger partial charge in [-0.05, 0) is 28.1 Å². The van der Waals surface area contributed by atoms with Crippen molar-refractivity contribution in [2.75, 3.05) is 0 Å². The summed E-state index contributed by atoms with van der Waals surface area (Å²) in [6.45, 7) is 0. The molecule has 0 spiro atoms. The van der Waals surface area contributed by atoms with Crippen LogP contribution in [0.2, 0.25) is 0 Å². The van der Waals surface area contributed by atoms with E-state index in [1.165, 1.54) is 12.1 Å². The van der Waals surface area contributed by atoms with E-state index in [0.29, 0.717) is 4.47 Å². The molecule has 6 N–H and O–H groups in total. The summed E-state index contributed by atoms with van der Waals surface area (Å²) >= 11 is 3.13. The molecule has 0 radical (unpaired) electrons. The number of carbonyl (C=O) groups is 2. The maximum Gasteiger partial charge on any atom is 0.266 e. The van der Waals surface area contributed by atoms with Gasteiger partial charge in [-0.3, -0.25) is 20.4 Å². The Labute approximate surface area is 94.1 Å². The second-order valence-electron chi connectivity index (χ2n) is 2.61. The molecule has 0 aliphatic rings. The summed E-state index contributed by atoms with van der Waals surface area (Å²) in [4.78, 5) is 22.5. The fourth-order valence-electron chi connectivity index (χ4n) is 1.04. The summed E-state index contributed by atoms with van der Waals surface area (Å²) in [7, 11) is 0. The monoisotopic (exact) mass is 272 g/mol. The van der Waals surface area contributed by atoms with E-state index in [2.05, 4.69) is 15.9 Å². The number of nitrogens with one attached hydrogen (secondary N) is 2. The summed E-state index contributed by atoms with van der Waals surface area (Å²) in [5.74, 6) is 8.99. The van der Waals surface area contributed by atoms with Gasteiger partial charge in [-0.1, -0.05) is 6.07 Å². The first-order valence-electron chi connectivity index (χ1n) is 3.92. The van der Waals surface area contributed by atoms with Crippen molar-refractivity contribution in [3.8, 4) is 0 Å². The minimum absolute atomic E-state index is 0.263. The van der Waals surface area contributed by atoms with Crippen molar-refractivity contribution in [1.29, 1.82) is 0 Å². The lowest BCUT2D eigenvalue weighted by atomic mass is 10.1. The Morgan fingerprint density at radius 3 is 1.80 bits per heavy atom. The van der Waals surface area contributed by atoms with Gasteiger partial charge in [0.25, 0.3) is 11.8 Å². The average molecular weight is 273 g/mol. The van der Waals surface area contributed by atoms with Crippen LogP contribution in [0, 0.1) is 0 Å². The molecule has 15 heavy (non-hydrogen) atoms. The highest BCUT2D eigenvalue weighted by molar-refractivity contribution is 9.10. The minimum atomic E-state index is -0.492. The van der Waals surface area contributed by atoms with E-state index in [9.17, 15) is 9.59 Å². The predicted molar refractivity (Wildman–Crippen MR) is 57.4 cm³/mol. The van der Waals surface area contributed by atoms with Crippen LogP contribution in [0.3, 0.4) is 0 Å². The Morgan fingerprint density at radius 1 is 1.07 bits per heavy atom. The topological polar surface area (TPSA) is 110 Å². The first-order valence-corrected chi connectivity index (χ1v) is 4.71. The van der Waals surface area contributed by atoms with E-state index in [4.69, 9.17) is 11.7 Å². The molecule has 0 atom stereocenters. The zero-order valence-electron chi connectivity index (χ0n) is 7.58. The molecule has 0 aromatic heterocycles. The number of hydrogen-bond acceptors (Lipinski definition) is 4. The van der Waals surface area contributed by atoms with Gasteiger partial charge in [-0.2, -0.15) is 0 Å². The predicted octanol–water partition coefficient (Wildman–Crippen LogP) is -0.344.